The predicted octanol–water partition coefficient (Wildman–Crippen LogP) is 1.53. The van der Waals surface area contributed by atoms with Gasteiger partial charge in [-0.1, -0.05) is 24.4 Å². The molecule has 2 rings (SSSR count). The molecular weight excluding hydrogens is 172 g/mol. The summed E-state index contributed by atoms with van der Waals surface area (Å²) < 4.78 is 1.22. The topological polar surface area (TPSA) is 42.7 Å². The van der Waals surface area contributed by atoms with Crippen LogP contribution in [-0.4, -0.2) is 4.98 Å². The van der Waals surface area contributed by atoms with Crippen LogP contribution in [0.25, 0.3) is 11.0 Å². The van der Waals surface area contributed by atoms with Gasteiger partial charge in [0.1, 0.15) is 5.52 Å². The van der Waals surface area contributed by atoms with Crippen molar-refractivity contribution in [3.63, 3.8) is 0 Å². The van der Waals surface area contributed by atoms with E-state index in [4.69, 9.17) is 12.2 Å². The molecule has 0 saturated heterocycles. The molecule has 12 heavy (non-hydrogen) atoms. The lowest BCUT2D eigenvalue weighted by Gasteiger charge is -1.99. The van der Waals surface area contributed by atoms with Crippen LogP contribution in [0.3, 0.4) is 0 Å². The molecule has 1 heterocycles. The van der Waals surface area contributed by atoms with E-state index in [1.165, 1.54) is 6.20 Å². The van der Waals surface area contributed by atoms with E-state index in [-0.39, 0.29) is 0 Å². The zero-order valence-electron chi connectivity index (χ0n) is 6.15. The van der Waals surface area contributed by atoms with Crippen molar-refractivity contribution < 1.29 is 4.73 Å². The Hall–Kier alpha value is -1.42. The van der Waals surface area contributed by atoms with Gasteiger partial charge in [0.2, 0.25) is 11.7 Å². The van der Waals surface area contributed by atoms with Crippen LogP contribution in [0.4, 0.5) is 0 Å². The summed E-state index contributed by atoms with van der Waals surface area (Å²) in [5.41, 5.74) is 1.37. The Kier molecular flexibility index (Phi) is 1.55. The molecule has 0 unspecified atom stereocenters. The lowest BCUT2D eigenvalue weighted by Crippen LogP contribution is -2.26. The van der Waals surface area contributed by atoms with Crippen LogP contribution in [0.15, 0.2) is 30.5 Å². The number of hydrogen-bond acceptors (Lipinski definition) is 2. The molecule has 0 aliphatic rings. The molecule has 2 aromatic rings. The molecule has 0 spiro atoms. The fourth-order valence-corrected chi connectivity index (χ4v) is 1.32. The summed E-state index contributed by atoms with van der Waals surface area (Å²) >= 11 is 4.85. The van der Waals surface area contributed by atoms with Crippen molar-refractivity contribution in [3.8, 4) is 0 Å². The quantitative estimate of drug-likeness (QED) is 0.377. The first-order valence-electron chi connectivity index (χ1n) is 3.48. The molecule has 1 aromatic carbocycles. The van der Waals surface area contributed by atoms with E-state index in [1.807, 2.05) is 18.2 Å². The van der Waals surface area contributed by atoms with Crippen LogP contribution >= 0.6 is 12.2 Å². The number of benzene rings is 1. The number of aromatic amines is 1. The van der Waals surface area contributed by atoms with Gasteiger partial charge in [-0.05, 0) is 6.07 Å². The van der Waals surface area contributed by atoms with Gasteiger partial charge in [-0.25, -0.2) is 0 Å². The largest absolute Gasteiger partial charge is 0.618 e. The smallest absolute Gasteiger partial charge is 0.240 e. The Morgan fingerprint density at radius 1 is 1.33 bits per heavy atom. The number of aromatic nitrogens is 2. The van der Waals surface area contributed by atoms with Gasteiger partial charge in [-0.2, -0.15) is 4.73 Å². The first-order valence-corrected chi connectivity index (χ1v) is 3.89. The maximum atomic E-state index is 11.2. The minimum atomic E-state index is 0.448. The van der Waals surface area contributed by atoms with Crippen LogP contribution in [0.2, 0.25) is 0 Å². The van der Waals surface area contributed by atoms with Crippen molar-refractivity contribution in [2.45, 2.75) is 0 Å². The van der Waals surface area contributed by atoms with E-state index in [9.17, 15) is 5.21 Å². The van der Waals surface area contributed by atoms with Gasteiger partial charge >= 0.3 is 0 Å². The SMILES string of the molecule is [O-][n+]1cc(=S)[nH]c2ccccc21. The van der Waals surface area contributed by atoms with E-state index in [1.54, 1.807) is 6.07 Å². The van der Waals surface area contributed by atoms with E-state index >= 15 is 0 Å². The molecule has 0 atom stereocenters. The van der Waals surface area contributed by atoms with Crippen molar-refractivity contribution in [3.05, 3.63) is 40.3 Å². The normalized spacial score (nSPS) is 10.3. The van der Waals surface area contributed by atoms with Gasteiger partial charge in [0.25, 0.3) is 0 Å². The van der Waals surface area contributed by atoms with Crippen molar-refractivity contribution >= 4 is 23.3 Å². The Morgan fingerprint density at radius 3 is 2.92 bits per heavy atom. The van der Waals surface area contributed by atoms with Crippen LogP contribution in [0.1, 0.15) is 0 Å². The van der Waals surface area contributed by atoms with E-state index < -0.39 is 0 Å². The van der Waals surface area contributed by atoms with E-state index in [0.29, 0.717) is 10.2 Å². The van der Waals surface area contributed by atoms with Gasteiger partial charge in [0.05, 0.1) is 0 Å². The summed E-state index contributed by atoms with van der Waals surface area (Å²) in [5.74, 6) is 0. The Balaban J connectivity index is 2.99. The number of H-pyrrole nitrogens is 1. The molecule has 0 fully saturated rings. The molecule has 1 aromatic heterocycles. The summed E-state index contributed by atoms with van der Waals surface area (Å²) in [6.45, 7) is 0. The predicted molar refractivity (Wildman–Crippen MR) is 48.1 cm³/mol. The average Bonchev–Trinajstić information content (AvgIpc) is 2.04. The van der Waals surface area contributed by atoms with Gasteiger partial charge in [-0.3, -0.25) is 0 Å². The van der Waals surface area contributed by atoms with Crippen LogP contribution < -0.4 is 4.73 Å². The summed E-state index contributed by atoms with van der Waals surface area (Å²) in [7, 11) is 0. The fourth-order valence-electron chi connectivity index (χ4n) is 1.11. The molecule has 0 bridgehead atoms. The van der Waals surface area contributed by atoms with Gasteiger partial charge in [-0.15, -0.1) is 0 Å². The zero-order chi connectivity index (χ0) is 8.55. The molecule has 0 saturated carbocycles. The van der Waals surface area contributed by atoms with Crippen molar-refractivity contribution in [1.82, 2.24) is 4.98 Å². The van der Waals surface area contributed by atoms with Crippen molar-refractivity contribution in [2.24, 2.45) is 0 Å². The molecule has 4 heteroatoms. The van der Waals surface area contributed by atoms with Crippen LogP contribution in [0, 0.1) is 9.85 Å². The summed E-state index contributed by atoms with van der Waals surface area (Å²) in [5, 5.41) is 11.2. The van der Waals surface area contributed by atoms with Gasteiger partial charge in [0, 0.05) is 6.07 Å². The van der Waals surface area contributed by atoms with E-state index in [2.05, 4.69) is 4.98 Å². The highest BCUT2D eigenvalue weighted by atomic mass is 32.1. The summed E-state index contributed by atoms with van der Waals surface area (Å²) in [6, 6.07) is 7.23. The molecule has 60 valence electrons. The van der Waals surface area contributed by atoms with Crippen molar-refractivity contribution in [1.29, 1.82) is 0 Å². The Labute approximate surface area is 73.9 Å². The fraction of sp³-hybridized carbons (Fsp3) is 0. The Bertz CT molecular complexity index is 478. The maximum Gasteiger partial charge on any atom is 0.240 e. The summed E-state index contributed by atoms with van der Waals surface area (Å²) in [4.78, 5) is 2.92. The van der Waals surface area contributed by atoms with Crippen LogP contribution in [-0.2, 0) is 0 Å². The number of nitrogens with one attached hydrogen (secondary N) is 1. The third kappa shape index (κ3) is 1.06. The highest BCUT2D eigenvalue weighted by molar-refractivity contribution is 7.71. The molecule has 1 N–H and O–H groups in total. The monoisotopic (exact) mass is 178 g/mol. The standard InChI is InChI=1S/C8H6N2OS/c11-10-5-8(12)9-6-3-1-2-4-7(6)10/h1-5H,(H,9,12). The van der Waals surface area contributed by atoms with Gasteiger partial charge < -0.3 is 10.2 Å². The molecule has 0 radical (unpaired) electrons. The van der Waals surface area contributed by atoms with Crippen LogP contribution in [0.5, 0.6) is 0 Å². The molecule has 0 aliphatic carbocycles. The van der Waals surface area contributed by atoms with Gasteiger partial charge in [0.15, 0.2) is 4.64 Å². The minimum Gasteiger partial charge on any atom is -0.618 e. The highest BCUT2D eigenvalue weighted by Gasteiger charge is 2.00. The first kappa shape index (κ1) is 7.24. The summed E-state index contributed by atoms with van der Waals surface area (Å²) in [6.07, 6.45) is 1.34. The number of nitrogens with zero attached hydrogens (tertiary/aromatic N) is 1. The average molecular weight is 178 g/mol. The minimum absolute atomic E-state index is 0.448. The molecule has 0 amide bonds. The van der Waals surface area contributed by atoms with Crippen molar-refractivity contribution in [2.75, 3.05) is 0 Å². The van der Waals surface area contributed by atoms with E-state index in [0.717, 1.165) is 10.2 Å². The lowest BCUT2D eigenvalue weighted by molar-refractivity contribution is -0.577. The number of hydrogen-bond donors (Lipinski definition) is 1. The molecule has 3 nitrogen and oxygen atoms in total. The first-order chi connectivity index (χ1) is 5.77. The zero-order valence-corrected chi connectivity index (χ0v) is 6.97. The number of rotatable bonds is 0. The second-order valence-electron chi connectivity index (χ2n) is 2.46. The second kappa shape index (κ2) is 2.57. The highest BCUT2D eigenvalue weighted by Crippen LogP contribution is 2.04. The third-order valence-corrected chi connectivity index (χ3v) is 1.84. The Morgan fingerprint density at radius 2 is 2.08 bits per heavy atom. The number of fused-ring (bicyclic) bond motifs is 1. The molecular formula is C8H6N2OS. The molecule has 0 aliphatic heterocycles. The second-order valence-corrected chi connectivity index (χ2v) is 2.90. The maximum absolute atomic E-state index is 11.2. The lowest BCUT2D eigenvalue weighted by atomic mass is 10.3. The number of para-hydroxylation sites is 2. The third-order valence-electron chi connectivity index (χ3n) is 1.63.